The fraction of sp³-hybridized carbons (Fsp3) is 0.588. The van der Waals surface area contributed by atoms with Crippen LogP contribution in [0.4, 0.5) is 4.79 Å². The molecular weight excluding hydrogens is 386 g/mol. The number of nitrogens with two attached hydrogens (primary N) is 1. The van der Waals surface area contributed by atoms with Gasteiger partial charge in [-0.2, -0.15) is 12.7 Å². The van der Waals surface area contributed by atoms with Crippen molar-refractivity contribution in [2.24, 2.45) is 11.1 Å². The molecule has 1 amide bonds. The molecule has 1 saturated heterocycles. The van der Waals surface area contributed by atoms with E-state index in [9.17, 15) is 13.2 Å². The molecule has 154 valence electrons. The fourth-order valence-corrected chi connectivity index (χ4v) is 5.02. The number of fused-ring (bicyclic) bond motifs is 1. The second kappa shape index (κ2) is 7.21. The van der Waals surface area contributed by atoms with Crippen LogP contribution in [0, 0.1) is 5.41 Å². The molecule has 2 heterocycles. The summed E-state index contributed by atoms with van der Waals surface area (Å²) in [7, 11) is -2.67. The third kappa shape index (κ3) is 3.90. The number of ether oxygens (including phenoxy) is 1. The van der Waals surface area contributed by atoms with Crippen LogP contribution in [0.5, 0.6) is 5.75 Å². The van der Waals surface area contributed by atoms with Crippen molar-refractivity contribution in [3.63, 3.8) is 0 Å². The van der Waals surface area contributed by atoms with Crippen LogP contribution in [-0.4, -0.2) is 53.5 Å². The summed E-state index contributed by atoms with van der Waals surface area (Å²) in [6.45, 7) is 6.01. The Morgan fingerprint density at radius 3 is 2.64 bits per heavy atom. The number of hydrogen-bond acceptors (Lipinski definition) is 7. The lowest BCUT2D eigenvalue weighted by Crippen LogP contribution is -2.53. The van der Waals surface area contributed by atoms with E-state index in [0.29, 0.717) is 24.1 Å². The van der Waals surface area contributed by atoms with E-state index in [4.69, 9.17) is 10.5 Å². The van der Waals surface area contributed by atoms with E-state index >= 15 is 0 Å². The van der Waals surface area contributed by atoms with Gasteiger partial charge in [-0.1, -0.05) is 26.0 Å². The predicted molar refractivity (Wildman–Crippen MR) is 102 cm³/mol. The number of amides is 1. The number of benzene rings is 1. The number of rotatable bonds is 4. The third-order valence-corrected chi connectivity index (χ3v) is 6.41. The maximum atomic E-state index is 12.5. The van der Waals surface area contributed by atoms with Crippen molar-refractivity contribution in [2.45, 2.75) is 45.7 Å². The highest BCUT2D eigenvalue weighted by Gasteiger charge is 2.44. The van der Waals surface area contributed by atoms with E-state index in [1.807, 2.05) is 37.6 Å². The van der Waals surface area contributed by atoms with Gasteiger partial charge in [-0.25, -0.2) is 9.48 Å². The molecular formula is C17H25N5O5S. The van der Waals surface area contributed by atoms with Crippen LogP contribution >= 0.6 is 0 Å². The smallest absolute Gasteiger partial charge is 0.421 e. The first-order valence-electron chi connectivity index (χ1n) is 8.92. The Balaban J connectivity index is 1.93. The number of methoxy groups -OCH3 is 1. The summed E-state index contributed by atoms with van der Waals surface area (Å²) >= 11 is 0. The summed E-state index contributed by atoms with van der Waals surface area (Å²) in [5, 5.41) is 8.50. The molecule has 1 aliphatic rings. The zero-order chi connectivity index (χ0) is 20.7. The topological polar surface area (TPSA) is 130 Å². The average Bonchev–Trinajstić information content (AvgIpc) is 3.02. The Hall–Kier alpha value is -2.40. The third-order valence-electron chi connectivity index (χ3n) is 5.02. The number of carbonyl (C=O) groups is 1. The lowest BCUT2D eigenvalue weighted by atomic mass is 9.80. The summed E-state index contributed by atoms with van der Waals surface area (Å²) in [6.07, 6.45) is -0.348. The first-order valence-corrected chi connectivity index (χ1v) is 10.3. The Kier molecular flexibility index (Phi) is 5.24. The van der Waals surface area contributed by atoms with Crippen LogP contribution in [0.3, 0.4) is 0 Å². The molecule has 28 heavy (non-hydrogen) atoms. The van der Waals surface area contributed by atoms with Crippen molar-refractivity contribution in [1.82, 2.24) is 19.3 Å². The van der Waals surface area contributed by atoms with Gasteiger partial charge in [-0.15, -0.1) is 5.10 Å². The molecule has 2 atom stereocenters. The lowest BCUT2D eigenvalue weighted by Gasteiger charge is -2.43. The molecule has 10 nitrogen and oxygen atoms in total. The number of carbonyl (C=O) groups excluding carboxylic acids is 1. The monoisotopic (exact) mass is 411 g/mol. The highest BCUT2D eigenvalue weighted by atomic mass is 32.2. The summed E-state index contributed by atoms with van der Waals surface area (Å²) in [5.74, 6) is 0.691. The molecule has 0 bridgehead atoms. The number of aromatic nitrogens is 3. The van der Waals surface area contributed by atoms with Crippen LogP contribution in [0.2, 0.25) is 0 Å². The highest BCUT2D eigenvalue weighted by molar-refractivity contribution is 7.84. The van der Waals surface area contributed by atoms with Gasteiger partial charge in [0.15, 0.2) is 0 Å². The molecule has 11 heteroatoms. The van der Waals surface area contributed by atoms with Crippen LogP contribution in [0.15, 0.2) is 18.2 Å². The lowest BCUT2D eigenvalue weighted by molar-refractivity contribution is 0.0928. The number of nitrogens with zero attached hydrogens (tertiary/aromatic N) is 4. The Morgan fingerprint density at radius 2 is 2.04 bits per heavy atom. The average molecular weight is 411 g/mol. The van der Waals surface area contributed by atoms with Gasteiger partial charge < -0.3 is 14.7 Å². The minimum Gasteiger partial charge on any atom is -0.497 e. The summed E-state index contributed by atoms with van der Waals surface area (Å²) in [6, 6.07) is 5.07. The van der Waals surface area contributed by atoms with Gasteiger partial charge in [-0.05, 0) is 30.4 Å². The van der Waals surface area contributed by atoms with Crippen LogP contribution in [-0.2, 0) is 14.5 Å². The molecule has 1 aromatic heterocycles. The quantitative estimate of drug-likeness (QED) is 0.812. The molecule has 2 unspecified atom stereocenters. The van der Waals surface area contributed by atoms with Gasteiger partial charge >= 0.3 is 16.4 Å². The molecule has 0 saturated carbocycles. The molecule has 1 aromatic carbocycles. The zero-order valence-corrected chi connectivity index (χ0v) is 17.1. The molecule has 0 aliphatic carbocycles. The van der Waals surface area contributed by atoms with Gasteiger partial charge in [0.1, 0.15) is 11.3 Å². The molecule has 1 fully saturated rings. The fourth-order valence-electron chi connectivity index (χ4n) is 3.67. The van der Waals surface area contributed by atoms with E-state index in [0.717, 1.165) is 5.52 Å². The van der Waals surface area contributed by atoms with Gasteiger partial charge in [0.25, 0.3) is 0 Å². The highest BCUT2D eigenvalue weighted by Crippen LogP contribution is 2.39. The van der Waals surface area contributed by atoms with Crippen molar-refractivity contribution in [3.8, 4) is 5.75 Å². The molecule has 0 radical (unpaired) electrons. The molecule has 3 rings (SSSR count). The van der Waals surface area contributed by atoms with E-state index in [2.05, 4.69) is 14.5 Å². The van der Waals surface area contributed by atoms with Gasteiger partial charge in [0.05, 0.1) is 18.7 Å². The number of primary amides is 1. The normalized spacial score (nSPS) is 21.6. The van der Waals surface area contributed by atoms with Crippen LogP contribution < -0.4 is 10.5 Å². The van der Waals surface area contributed by atoms with Crippen molar-refractivity contribution in [1.29, 1.82) is 0 Å². The van der Waals surface area contributed by atoms with Crippen molar-refractivity contribution >= 4 is 27.4 Å². The maximum Gasteiger partial charge on any atom is 0.421 e. The van der Waals surface area contributed by atoms with Gasteiger partial charge in [0, 0.05) is 18.7 Å². The van der Waals surface area contributed by atoms with Crippen LogP contribution in [0.1, 0.15) is 39.7 Å². The van der Waals surface area contributed by atoms with E-state index in [-0.39, 0.29) is 12.6 Å². The molecule has 1 aliphatic heterocycles. The largest absolute Gasteiger partial charge is 0.497 e. The zero-order valence-electron chi connectivity index (χ0n) is 16.3. The molecule has 2 aromatic rings. The van der Waals surface area contributed by atoms with E-state index in [1.165, 1.54) is 4.31 Å². The summed E-state index contributed by atoms with van der Waals surface area (Å²) in [4.78, 5) is 11.0. The second-order valence-corrected chi connectivity index (χ2v) is 9.41. The van der Waals surface area contributed by atoms with E-state index < -0.39 is 27.9 Å². The van der Waals surface area contributed by atoms with Gasteiger partial charge in [-0.3, -0.25) is 0 Å². The molecule has 2 N–H and O–H groups in total. The number of hydrogen-bond donors (Lipinski definition) is 1. The standard InChI is InChI=1S/C17H25N5O5S/c1-17(2,3)15-9-11(7-8-21(15)28(24,25)27-16(18)23)22-14-6-5-12(26-4)10-13(14)19-20-22/h5-6,10-11,15H,7-9H2,1-4H3,(H2,18,23). The van der Waals surface area contributed by atoms with Crippen molar-refractivity contribution in [2.75, 3.05) is 13.7 Å². The summed E-state index contributed by atoms with van der Waals surface area (Å²) < 4.78 is 37.6. The maximum absolute atomic E-state index is 12.5. The first-order chi connectivity index (χ1) is 13.0. The second-order valence-electron chi connectivity index (χ2n) is 7.92. The SMILES string of the molecule is COc1ccc2c(c1)nnn2C1CCN(S(=O)(=O)OC(N)=O)C(C(C)(C)C)C1. The first kappa shape index (κ1) is 20.3. The number of piperidine rings is 1. The van der Waals surface area contributed by atoms with Gasteiger partial charge in [0.2, 0.25) is 0 Å². The Bertz CT molecular complexity index is 981. The predicted octanol–water partition coefficient (Wildman–Crippen LogP) is 1.83. The molecule has 0 spiro atoms. The van der Waals surface area contributed by atoms with Crippen molar-refractivity contribution in [3.05, 3.63) is 18.2 Å². The minimum absolute atomic E-state index is 0.0531. The summed E-state index contributed by atoms with van der Waals surface area (Å²) in [5.41, 5.74) is 6.09. The Labute approximate surface area is 163 Å². The van der Waals surface area contributed by atoms with E-state index in [1.54, 1.807) is 13.2 Å². The minimum atomic E-state index is -4.26. The van der Waals surface area contributed by atoms with Crippen molar-refractivity contribution < 1.29 is 22.1 Å². The van der Waals surface area contributed by atoms with Crippen LogP contribution in [0.25, 0.3) is 11.0 Å². The Morgan fingerprint density at radius 1 is 1.32 bits per heavy atom.